The second-order valence-electron chi connectivity index (χ2n) is 3.66. The molecule has 1 aromatic rings. The highest BCUT2D eigenvalue weighted by Gasteiger charge is 2.22. The summed E-state index contributed by atoms with van der Waals surface area (Å²) in [4.78, 5) is 4.25. The van der Waals surface area contributed by atoms with Crippen LogP contribution >= 0.6 is 0 Å². The lowest BCUT2D eigenvalue weighted by Gasteiger charge is -2.07. The average Bonchev–Trinajstić information content (AvgIpc) is 2.97. The first-order valence-corrected chi connectivity index (χ1v) is 4.77. The highest BCUT2D eigenvalue weighted by atomic mass is 14.6. The molecule has 0 N–H and O–H groups in total. The van der Waals surface area contributed by atoms with E-state index in [4.69, 9.17) is 0 Å². The van der Waals surface area contributed by atoms with Crippen molar-refractivity contribution in [3.05, 3.63) is 47.3 Å². The Morgan fingerprint density at radius 1 is 1.23 bits per heavy atom. The predicted molar refractivity (Wildman–Crippen MR) is 53.4 cm³/mol. The van der Waals surface area contributed by atoms with Gasteiger partial charge in [0.2, 0.25) is 0 Å². The molecule has 0 saturated heterocycles. The van der Waals surface area contributed by atoms with Crippen LogP contribution in [-0.4, -0.2) is 4.98 Å². The monoisotopic (exact) mass is 169 g/mol. The summed E-state index contributed by atoms with van der Waals surface area (Å²) in [6, 6.07) is 0. The van der Waals surface area contributed by atoms with Crippen LogP contribution < -0.4 is 0 Å². The number of aromatic nitrogens is 1. The minimum Gasteiger partial charge on any atom is -0.264 e. The molecule has 0 aliphatic heterocycles. The van der Waals surface area contributed by atoms with Crippen LogP contribution in [0.25, 0.3) is 5.57 Å². The smallest absolute Gasteiger partial charge is 0.0346 e. The van der Waals surface area contributed by atoms with Gasteiger partial charge in [0, 0.05) is 18.8 Å². The van der Waals surface area contributed by atoms with Crippen molar-refractivity contribution in [3.8, 4) is 0 Å². The molecular formula is C12H11N. The summed E-state index contributed by atoms with van der Waals surface area (Å²) in [6.45, 7) is 0. The van der Waals surface area contributed by atoms with E-state index in [1.165, 1.54) is 35.1 Å². The van der Waals surface area contributed by atoms with E-state index in [2.05, 4.69) is 23.2 Å². The van der Waals surface area contributed by atoms with Crippen LogP contribution in [0, 0.1) is 0 Å². The first kappa shape index (κ1) is 7.07. The number of nitrogens with zero attached hydrogens (tertiary/aromatic N) is 1. The van der Waals surface area contributed by atoms with Crippen LogP contribution in [0.4, 0.5) is 0 Å². The number of pyridine rings is 1. The van der Waals surface area contributed by atoms with Crippen LogP contribution in [0.5, 0.6) is 0 Å². The Balaban J connectivity index is 2.06. The van der Waals surface area contributed by atoms with E-state index in [1.54, 1.807) is 0 Å². The molecule has 0 bridgehead atoms. The number of rotatable bonds is 1. The van der Waals surface area contributed by atoms with E-state index in [1.807, 2.05) is 12.4 Å². The van der Waals surface area contributed by atoms with Crippen LogP contribution in [0.1, 0.15) is 29.5 Å². The summed E-state index contributed by atoms with van der Waals surface area (Å²) in [5.41, 5.74) is 5.82. The summed E-state index contributed by atoms with van der Waals surface area (Å²) >= 11 is 0. The lowest BCUT2D eigenvalue weighted by Crippen LogP contribution is -1.88. The van der Waals surface area contributed by atoms with Crippen LogP contribution in [0.15, 0.2) is 30.6 Å². The SMILES string of the molecule is C1=CCCC(c2cncc3c2C3)=C1. The minimum absolute atomic E-state index is 1.16. The predicted octanol–water partition coefficient (Wildman–Crippen LogP) is 2.72. The Labute approximate surface area is 77.8 Å². The molecule has 0 aromatic carbocycles. The maximum Gasteiger partial charge on any atom is 0.0346 e. The minimum atomic E-state index is 1.16. The average molecular weight is 169 g/mol. The van der Waals surface area contributed by atoms with Crippen LogP contribution in [0.3, 0.4) is 0 Å². The largest absolute Gasteiger partial charge is 0.264 e. The Kier molecular flexibility index (Phi) is 1.39. The second-order valence-corrected chi connectivity index (χ2v) is 3.66. The highest BCUT2D eigenvalue weighted by molar-refractivity contribution is 5.74. The molecule has 2 aliphatic rings. The van der Waals surface area contributed by atoms with Crippen LogP contribution in [0.2, 0.25) is 0 Å². The van der Waals surface area contributed by atoms with Gasteiger partial charge in [0.05, 0.1) is 0 Å². The van der Waals surface area contributed by atoms with Gasteiger partial charge in [-0.05, 0) is 35.1 Å². The van der Waals surface area contributed by atoms with Gasteiger partial charge in [0.15, 0.2) is 0 Å². The third kappa shape index (κ3) is 1.12. The molecule has 13 heavy (non-hydrogen) atoms. The number of allylic oxidation sites excluding steroid dienone is 4. The van der Waals surface area contributed by atoms with E-state index in [0.29, 0.717) is 0 Å². The Bertz CT molecular complexity index is 413. The number of hydrogen-bond acceptors (Lipinski definition) is 1. The third-order valence-corrected chi connectivity index (χ3v) is 2.75. The van der Waals surface area contributed by atoms with E-state index >= 15 is 0 Å². The lowest BCUT2D eigenvalue weighted by molar-refractivity contribution is 1.05. The Hall–Kier alpha value is -1.37. The molecule has 1 heteroatoms. The fraction of sp³-hybridized carbons (Fsp3) is 0.250. The summed E-state index contributed by atoms with van der Waals surface area (Å²) in [5, 5.41) is 0. The van der Waals surface area contributed by atoms with E-state index in [9.17, 15) is 0 Å². The summed E-state index contributed by atoms with van der Waals surface area (Å²) in [7, 11) is 0. The van der Waals surface area contributed by atoms with E-state index in [-0.39, 0.29) is 0 Å². The zero-order chi connectivity index (χ0) is 8.67. The maximum atomic E-state index is 4.25. The molecule has 1 aromatic heterocycles. The molecule has 0 radical (unpaired) electrons. The molecule has 1 nitrogen and oxygen atoms in total. The highest BCUT2D eigenvalue weighted by Crippen LogP contribution is 2.36. The van der Waals surface area contributed by atoms with Crippen molar-refractivity contribution in [2.75, 3.05) is 0 Å². The molecule has 0 fully saturated rings. The van der Waals surface area contributed by atoms with Gasteiger partial charge in [-0.3, -0.25) is 4.98 Å². The Morgan fingerprint density at radius 3 is 3.08 bits per heavy atom. The van der Waals surface area contributed by atoms with Crippen molar-refractivity contribution in [3.63, 3.8) is 0 Å². The van der Waals surface area contributed by atoms with Gasteiger partial charge >= 0.3 is 0 Å². The number of fused-ring (bicyclic) bond motifs is 1. The molecule has 0 amide bonds. The maximum absolute atomic E-state index is 4.25. The molecule has 0 unspecified atom stereocenters. The lowest BCUT2D eigenvalue weighted by atomic mass is 9.98. The fourth-order valence-electron chi connectivity index (χ4n) is 1.92. The van der Waals surface area contributed by atoms with Crippen molar-refractivity contribution in [2.45, 2.75) is 19.3 Å². The van der Waals surface area contributed by atoms with Crippen molar-refractivity contribution in [1.29, 1.82) is 0 Å². The van der Waals surface area contributed by atoms with Crippen molar-refractivity contribution in [2.24, 2.45) is 0 Å². The van der Waals surface area contributed by atoms with Gasteiger partial charge in [0.25, 0.3) is 0 Å². The third-order valence-electron chi connectivity index (χ3n) is 2.75. The van der Waals surface area contributed by atoms with E-state index < -0.39 is 0 Å². The topological polar surface area (TPSA) is 12.9 Å². The Morgan fingerprint density at radius 2 is 2.23 bits per heavy atom. The molecule has 64 valence electrons. The summed E-state index contributed by atoms with van der Waals surface area (Å²) in [5.74, 6) is 0. The van der Waals surface area contributed by atoms with Crippen LogP contribution in [-0.2, 0) is 6.42 Å². The zero-order valence-electron chi connectivity index (χ0n) is 7.46. The molecular weight excluding hydrogens is 158 g/mol. The van der Waals surface area contributed by atoms with Gasteiger partial charge in [-0.25, -0.2) is 0 Å². The standard InChI is InChI=1S/C12H11N/c1-2-4-9(5-3-1)12-8-13-7-10-6-11(10)12/h1-2,4,7-8H,3,5-6H2. The normalized spacial score (nSPS) is 18.0. The van der Waals surface area contributed by atoms with E-state index in [0.717, 1.165) is 6.42 Å². The van der Waals surface area contributed by atoms with Gasteiger partial charge in [0.1, 0.15) is 0 Å². The van der Waals surface area contributed by atoms with Crippen molar-refractivity contribution < 1.29 is 0 Å². The quantitative estimate of drug-likeness (QED) is 0.639. The zero-order valence-corrected chi connectivity index (χ0v) is 7.46. The van der Waals surface area contributed by atoms with Gasteiger partial charge in [-0.2, -0.15) is 0 Å². The van der Waals surface area contributed by atoms with Crippen molar-refractivity contribution >= 4 is 5.57 Å². The molecule has 0 atom stereocenters. The summed E-state index contributed by atoms with van der Waals surface area (Å²) in [6.07, 6.45) is 14.1. The van der Waals surface area contributed by atoms with Gasteiger partial charge in [-0.1, -0.05) is 18.2 Å². The van der Waals surface area contributed by atoms with Gasteiger partial charge in [-0.15, -0.1) is 0 Å². The molecule has 2 aliphatic carbocycles. The summed E-state index contributed by atoms with van der Waals surface area (Å²) < 4.78 is 0. The first-order chi connectivity index (χ1) is 6.45. The molecule has 0 spiro atoms. The van der Waals surface area contributed by atoms with Crippen molar-refractivity contribution in [1.82, 2.24) is 4.98 Å². The molecule has 0 saturated carbocycles. The first-order valence-electron chi connectivity index (χ1n) is 4.77. The van der Waals surface area contributed by atoms with Gasteiger partial charge < -0.3 is 0 Å². The molecule has 3 rings (SSSR count). The second kappa shape index (κ2) is 2.56. The molecule has 1 heterocycles. The fourth-order valence-corrected chi connectivity index (χ4v) is 1.92. The number of hydrogen-bond donors (Lipinski definition) is 0.